The summed E-state index contributed by atoms with van der Waals surface area (Å²) in [5.41, 5.74) is 1.25. The Bertz CT molecular complexity index is 618. The summed E-state index contributed by atoms with van der Waals surface area (Å²) in [6.07, 6.45) is 5.66. The van der Waals surface area contributed by atoms with Crippen LogP contribution >= 0.6 is 24.8 Å². The Hall–Kier alpha value is -1.34. The second-order valence-electron chi connectivity index (χ2n) is 5.96. The molecule has 1 amide bonds. The lowest BCUT2D eigenvalue weighted by molar-refractivity contribution is 0.0511. The highest BCUT2D eigenvalue weighted by atomic mass is 35.5. The fourth-order valence-electron chi connectivity index (χ4n) is 3.04. The smallest absolute Gasteiger partial charge is 0.271 e. The maximum absolute atomic E-state index is 12.4. The fourth-order valence-corrected chi connectivity index (χ4v) is 3.04. The van der Waals surface area contributed by atoms with Crippen molar-refractivity contribution < 1.29 is 9.53 Å². The van der Waals surface area contributed by atoms with E-state index >= 15 is 0 Å². The number of piperidine rings is 1. The second kappa shape index (κ2) is 9.22. The van der Waals surface area contributed by atoms with E-state index in [9.17, 15) is 4.79 Å². The van der Waals surface area contributed by atoms with Crippen LogP contribution in [0.4, 0.5) is 0 Å². The molecular weight excluding hydrogens is 351 g/mol. The Morgan fingerprint density at radius 1 is 1.38 bits per heavy atom. The van der Waals surface area contributed by atoms with Gasteiger partial charge < -0.3 is 19.8 Å². The van der Waals surface area contributed by atoms with Gasteiger partial charge in [0.1, 0.15) is 11.3 Å². The van der Waals surface area contributed by atoms with Crippen LogP contribution in [0, 0.1) is 5.41 Å². The summed E-state index contributed by atoms with van der Waals surface area (Å²) in [6, 6.07) is 5.71. The first-order valence-electron chi connectivity index (χ1n) is 7.64. The molecule has 0 unspecified atom stereocenters. The Balaban J connectivity index is 0.00000144. The molecule has 0 spiro atoms. The average molecular weight is 375 g/mol. The number of methoxy groups -OCH3 is 1. The number of rotatable bonds is 5. The summed E-state index contributed by atoms with van der Waals surface area (Å²) >= 11 is 0. The molecule has 0 atom stereocenters. The predicted molar refractivity (Wildman–Crippen MR) is 98.4 cm³/mol. The average Bonchev–Trinajstić information content (AvgIpc) is 2.98. The van der Waals surface area contributed by atoms with Crippen molar-refractivity contribution in [3.05, 3.63) is 36.3 Å². The third kappa shape index (κ3) is 4.60. The largest absolute Gasteiger partial charge is 0.384 e. The van der Waals surface area contributed by atoms with Gasteiger partial charge in [0.15, 0.2) is 0 Å². The topological polar surface area (TPSA) is 67.7 Å². The van der Waals surface area contributed by atoms with Crippen LogP contribution in [0.2, 0.25) is 0 Å². The lowest BCUT2D eigenvalue weighted by Gasteiger charge is -2.37. The summed E-state index contributed by atoms with van der Waals surface area (Å²) in [7, 11) is 1.72. The lowest BCUT2D eigenvalue weighted by atomic mass is 9.79. The number of pyridine rings is 1. The number of hydrogen-bond acceptors (Lipinski definition) is 4. The Kier molecular flexibility index (Phi) is 7.96. The van der Waals surface area contributed by atoms with Gasteiger partial charge in [-0.05, 0) is 38.1 Å². The Labute approximate surface area is 154 Å². The summed E-state index contributed by atoms with van der Waals surface area (Å²) in [4.78, 5) is 16.7. The van der Waals surface area contributed by atoms with E-state index in [-0.39, 0.29) is 36.1 Å². The number of carbonyl (C=O) groups is 1. The number of nitrogens with zero attached hydrogens (tertiary/aromatic N) is 2. The first-order chi connectivity index (χ1) is 10.7. The van der Waals surface area contributed by atoms with Crippen molar-refractivity contribution in [3.8, 4) is 0 Å². The highest BCUT2D eigenvalue weighted by Gasteiger charge is 2.32. The van der Waals surface area contributed by atoms with Crippen LogP contribution in [0.25, 0.3) is 5.65 Å². The summed E-state index contributed by atoms with van der Waals surface area (Å²) in [6.45, 7) is 3.22. The van der Waals surface area contributed by atoms with Crippen molar-refractivity contribution in [1.29, 1.82) is 0 Å². The minimum Gasteiger partial charge on any atom is -0.384 e. The molecule has 0 saturated carbocycles. The quantitative estimate of drug-likeness (QED) is 0.838. The zero-order valence-corrected chi connectivity index (χ0v) is 15.3. The number of aromatic nitrogens is 2. The monoisotopic (exact) mass is 374 g/mol. The third-order valence-corrected chi connectivity index (χ3v) is 4.34. The Morgan fingerprint density at radius 3 is 2.79 bits per heavy atom. The van der Waals surface area contributed by atoms with Gasteiger partial charge in [0.25, 0.3) is 5.91 Å². The molecule has 1 aliphatic heterocycles. The molecule has 0 aliphatic carbocycles. The van der Waals surface area contributed by atoms with E-state index in [2.05, 4.69) is 15.6 Å². The molecule has 3 heterocycles. The predicted octanol–water partition coefficient (Wildman–Crippen LogP) is 1.92. The first kappa shape index (κ1) is 20.7. The number of hydrogen-bond donors (Lipinski definition) is 2. The number of fused-ring (bicyclic) bond motifs is 1. The van der Waals surface area contributed by atoms with Crippen molar-refractivity contribution in [2.75, 3.05) is 33.4 Å². The molecule has 1 fully saturated rings. The lowest BCUT2D eigenvalue weighted by Crippen LogP contribution is -2.47. The van der Waals surface area contributed by atoms with E-state index in [0.29, 0.717) is 18.8 Å². The van der Waals surface area contributed by atoms with E-state index in [1.165, 1.54) is 0 Å². The Morgan fingerprint density at radius 2 is 2.12 bits per heavy atom. The number of amides is 1. The molecule has 1 aliphatic rings. The molecule has 0 radical (unpaired) electrons. The van der Waals surface area contributed by atoms with Crippen LogP contribution in [0.3, 0.4) is 0 Å². The van der Waals surface area contributed by atoms with Crippen molar-refractivity contribution in [1.82, 2.24) is 20.0 Å². The number of carbonyl (C=O) groups excluding carboxylic acids is 1. The van der Waals surface area contributed by atoms with Gasteiger partial charge >= 0.3 is 0 Å². The molecule has 6 nitrogen and oxygen atoms in total. The summed E-state index contributed by atoms with van der Waals surface area (Å²) in [5, 5.41) is 6.38. The van der Waals surface area contributed by atoms with Crippen molar-refractivity contribution in [2.45, 2.75) is 12.8 Å². The highest BCUT2D eigenvalue weighted by Crippen LogP contribution is 2.28. The number of nitrogens with one attached hydrogen (secondary N) is 2. The van der Waals surface area contributed by atoms with Crippen LogP contribution in [0.1, 0.15) is 23.3 Å². The van der Waals surface area contributed by atoms with E-state index in [0.717, 1.165) is 31.6 Å². The maximum Gasteiger partial charge on any atom is 0.271 e. The van der Waals surface area contributed by atoms with Crippen LogP contribution in [-0.2, 0) is 4.74 Å². The van der Waals surface area contributed by atoms with Gasteiger partial charge in [-0.1, -0.05) is 6.07 Å². The fraction of sp³-hybridized carbons (Fsp3) is 0.500. The number of imidazole rings is 1. The second-order valence-corrected chi connectivity index (χ2v) is 5.96. The van der Waals surface area contributed by atoms with Crippen LogP contribution in [-0.4, -0.2) is 48.6 Å². The standard InChI is InChI=1S/C16H22N4O2.2ClH/c1-22-12-16(5-7-17-8-6-16)11-18-15(21)13-10-20-9-3-2-4-14(20)19-13;;/h2-4,9-10,17H,5-8,11-12H2,1H3,(H,18,21);2*1H. The molecule has 24 heavy (non-hydrogen) atoms. The van der Waals surface area contributed by atoms with Gasteiger partial charge in [0, 0.05) is 31.5 Å². The zero-order valence-electron chi connectivity index (χ0n) is 13.7. The van der Waals surface area contributed by atoms with Gasteiger partial charge in [-0.25, -0.2) is 4.98 Å². The van der Waals surface area contributed by atoms with Gasteiger partial charge in [0.2, 0.25) is 0 Å². The molecule has 0 aromatic carbocycles. The van der Waals surface area contributed by atoms with Gasteiger partial charge in [-0.3, -0.25) is 4.79 Å². The van der Waals surface area contributed by atoms with Gasteiger partial charge in [-0.2, -0.15) is 0 Å². The van der Waals surface area contributed by atoms with Crippen LogP contribution in [0.5, 0.6) is 0 Å². The van der Waals surface area contributed by atoms with E-state index in [4.69, 9.17) is 4.74 Å². The number of halogens is 2. The van der Waals surface area contributed by atoms with Crippen LogP contribution in [0.15, 0.2) is 30.6 Å². The van der Waals surface area contributed by atoms with E-state index in [1.807, 2.05) is 28.8 Å². The minimum atomic E-state index is -0.127. The molecule has 1 saturated heterocycles. The molecule has 0 bridgehead atoms. The molecular formula is C16H24Cl2N4O2. The van der Waals surface area contributed by atoms with Gasteiger partial charge in [0.05, 0.1) is 6.61 Å². The third-order valence-electron chi connectivity index (χ3n) is 4.34. The van der Waals surface area contributed by atoms with E-state index in [1.54, 1.807) is 13.3 Å². The normalized spacial score (nSPS) is 16.0. The SMILES string of the molecule is COCC1(CNC(=O)c2cn3ccccc3n2)CCNCC1.Cl.Cl. The molecule has 3 rings (SSSR count). The van der Waals surface area contributed by atoms with Crippen LogP contribution < -0.4 is 10.6 Å². The first-order valence-corrected chi connectivity index (χ1v) is 7.64. The van der Waals surface area contributed by atoms with Gasteiger partial charge in [-0.15, -0.1) is 24.8 Å². The summed E-state index contributed by atoms with van der Waals surface area (Å²) < 4.78 is 7.22. The summed E-state index contributed by atoms with van der Waals surface area (Å²) in [5.74, 6) is -0.127. The maximum atomic E-state index is 12.4. The molecule has 2 aromatic heterocycles. The van der Waals surface area contributed by atoms with E-state index < -0.39 is 0 Å². The van der Waals surface area contributed by atoms with Crippen molar-refractivity contribution in [3.63, 3.8) is 0 Å². The minimum absolute atomic E-state index is 0. The van der Waals surface area contributed by atoms with Crippen molar-refractivity contribution >= 4 is 36.4 Å². The molecule has 2 aromatic rings. The molecule has 2 N–H and O–H groups in total. The number of ether oxygens (including phenoxy) is 1. The zero-order chi connectivity index (χ0) is 15.4. The van der Waals surface area contributed by atoms with Crippen molar-refractivity contribution in [2.24, 2.45) is 5.41 Å². The molecule has 134 valence electrons. The highest BCUT2D eigenvalue weighted by molar-refractivity contribution is 5.92. The molecule has 8 heteroatoms.